The molecule has 2 N–H and O–H groups in total. The van der Waals surface area contributed by atoms with E-state index >= 15 is 0 Å². The van der Waals surface area contributed by atoms with E-state index in [-0.39, 0.29) is 6.04 Å². The second-order valence-corrected chi connectivity index (χ2v) is 5.06. The number of pyridine rings is 1. The third-order valence-electron chi connectivity index (χ3n) is 3.41. The minimum Gasteiger partial charge on any atom is -0.397 e. The van der Waals surface area contributed by atoms with Crippen molar-refractivity contribution < 1.29 is 0 Å². The number of benzene rings is 1. The number of hydrogen-bond donors (Lipinski definition) is 1. The van der Waals surface area contributed by atoms with Gasteiger partial charge in [-0.25, -0.2) is 4.98 Å². The van der Waals surface area contributed by atoms with E-state index in [1.165, 1.54) is 0 Å². The van der Waals surface area contributed by atoms with Gasteiger partial charge in [0.05, 0.1) is 17.4 Å². The zero-order chi connectivity index (χ0) is 14.0. The molecule has 1 aromatic carbocycles. The number of nitrogen functional groups attached to an aromatic ring is 1. The normalized spacial score (nSPS) is 12.2. The average molecular weight is 276 g/mol. The summed E-state index contributed by atoms with van der Waals surface area (Å²) in [6, 6.07) is 11.8. The Hall–Kier alpha value is -1.74. The summed E-state index contributed by atoms with van der Waals surface area (Å²) >= 11 is 6.24. The van der Waals surface area contributed by atoms with Gasteiger partial charge in [-0.2, -0.15) is 0 Å². The molecule has 2 aromatic rings. The fourth-order valence-corrected chi connectivity index (χ4v) is 2.27. The molecular formula is C15H18ClN3. The minimum atomic E-state index is 0.143. The average Bonchev–Trinajstić information content (AvgIpc) is 2.41. The van der Waals surface area contributed by atoms with E-state index in [0.717, 1.165) is 22.1 Å². The summed E-state index contributed by atoms with van der Waals surface area (Å²) in [4.78, 5) is 6.60. The van der Waals surface area contributed by atoms with E-state index in [2.05, 4.69) is 16.8 Å². The van der Waals surface area contributed by atoms with E-state index in [9.17, 15) is 0 Å². The van der Waals surface area contributed by atoms with E-state index in [0.29, 0.717) is 5.69 Å². The molecule has 0 spiro atoms. The number of halogens is 1. The van der Waals surface area contributed by atoms with Crippen molar-refractivity contribution in [2.75, 3.05) is 17.7 Å². The Kier molecular flexibility index (Phi) is 3.96. The monoisotopic (exact) mass is 275 g/mol. The maximum atomic E-state index is 6.24. The summed E-state index contributed by atoms with van der Waals surface area (Å²) in [5.41, 5.74) is 8.44. The van der Waals surface area contributed by atoms with Crippen LogP contribution in [0, 0.1) is 6.92 Å². The van der Waals surface area contributed by atoms with Crippen molar-refractivity contribution in [1.82, 2.24) is 4.98 Å². The van der Waals surface area contributed by atoms with Gasteiger partial charge in [-0.15, -0.1) is 0 Å². The van der Waals surface area contributed by atoms with Gasteiger partial charge in [-0.05, 0) is 37.6 Å². The first-order valence-corrected chi connectivity index (χ1v) is 6.59. The van der Waals surface area contributed by atoms with Crippen molar-refractivity contribution >= 4 is 23.1 Å². The first-order valence-electron chi connectivity index (χ1n) is 6.21. The van der Waals surface area contributed by atoms with E-state index in [1.807, 2.05) is 50.4 Å². The molecule has 0 saturated carbocycles. The molecule has 0 saturated heterocycles. The summed E-state index contributed by atoms with van der Waals surface area (Å²) in [7, 11) is 2.01. The van der Waals surface area contributed by atoms with Crippen molar-refractivity contribution in [3.8, 4) is 0 Å². The number of nitrogens with two attached hydrogens (primary N) is 1. The maximum absolute atomic E-state index is 6.24. The van der Waals surface area contributed by atoms with Crippen LogP contribution in [0.2, 0.25) is 5.02 Å². The van der Waals surface area contributed by atoms with Crippen molar-refractivity contribution in [3.63, 3.8) is 0 Å². The molecule has 1 unspecified atom stereocenters. The van der Waals surface area contributed by atoms with Crippen LogP contribution in [0.3, 0.4) is 0 Å². The molecule has 0 fully saturated rings. The van der Waals surface area contributed by atoms with Crippen molar-refractivity contribution in [2.45, 2.75) is 19.9 Å². The van der Waals surface area contributed by atoms with Gasteiger partial charge in [-0.1, -0.05) is 29.8 Å². The fourth-order valence-electron chi connectivity index (χ4n) is 1.98. The first kappa shape index (κ1) is 13.7. The lowest BCUT2D eigenvalue weighted by Gasteiger charge is -2.27. The quantitative estimate of drug-likeness (QED) is 0.926. The smallest absolute Gasteiger partial charge is 0.129 e. The number of hydrogen-bond acceptors (Lipinski definition) is 3. The second-order valence-electron chi connectivity index (χ2n) is 4.65. The zero-order valence-electron chi connectivity index (χ0n) is 11.4. The lowest BCUT2D eigenvalue weighted by Crippen LogP contribution is -2.23. The molecule has 3 nitrogen and oxygen atoms in total. The van der Waals surface area contributed by atoms with E-state index < -0.39 is 0 Å². The van der Waals surface area contributed by atoms with Crippen LogP contribution in [0.1, 0.15) is 24.2 Å². The highest BCUT2D eigenvalue weighted by Crippen LogP contribution is 2.29. The van der Waals surface area contributed by atoms with Crippen LogP contribution in [0.15, 0.2) is 36.4 Å². The number of rotatable bonds is 3. The SMILES string of the molecule is Cc1nc(N(C)C(C)c2ccccc2Cl)ccc1N. The van der Waals surface area contributed by atoms with Crippen LogP contribution in [-0.4, -0.2) is 12.0 Å². The number of aromatic nitrogens is 1. The molecule has 0 bridgehead atoms. The van der Waals surface area contributed by atoms with Gasteiger partial charge in [0.15, 0.2) is 0 Å². The predicted octanol–water partition coefficient (Wildman–Crippen LogP) is 3.82. The molecule has 1 aromatic heterocycles. The van der Waals surface area contributed by atoms with Gasteiger partial charge in [-0.3, -0.25) is 0 Å². The lowest BCUT2D eigenvalue weighted by molar-refractivity contribution is 0.728. The van der Waals surface area contributed by atoms with E-state index in [1.54, 1.807) is 0 Å². The molecule has 0 amide bonds. The topological polar surface area (TPSA) is 42.2 Å². The molecule has 1 atom stereocenters. The Morgan fingerprint density at radius 2 is 1.89 bits per heavy atom. The Bertz CT molecular complexity index is 583. The van der Waals surface area contributed by atoms with Gasteiger partial charge in [0, 0.05) is 12.1 Å². The molecule has 0 aliphatic heterocycles. The number of aryl methyl sites for hydroxylation is 1. The van der Waals surface area contributed by atoms with Crippen LogP contribution < -0.4 is 10.6 Å². The molecule has 1 heterocycles. The van der Waals surface area contributed by atoms with Crippen LogP contribution in [0.5, 0.6) is 0 Å². The Morgan fingerprint density at radius 1 is 1.21 bits per heavy atom. The predicted molar refractivity (Wildman–Crippen MR) is 81.7 cm³/mol. The summed E-state index contributed by atoms with van der Waals surface area (Å²) in [6.07, 6.45) is 0. The Labute approximate surface area is 119 Å². The molecule has 0 aliphatic carbocycles. The molecule has 19 heavy (non-hydrogen) atoms. The van der Waals surface area contributed by atoms with Gasteiger partial charge >= 0.3 is 0 Å². The molecule has 2 rings (SSSR count). The van der Waals surface area contributed by atoms with Crippen LogP contribution in [0.4, 0.5) is 11.5 Å². The van der Waals surface area contributed by atoms with Gasteiger partial charge < -0.3 is 10.6 Å². The Morgan fingerprint density at radius 3 is 2.53 bits per heavy atom. The standard InChI is InChI=1S/C15H18ClN3/c1-10-14(17)8-9-15(18-10)19(3)11(2)12-6-4-5-7-13(12)16/h4-9,11H,17H2,1-3H3. The Balaban J connectivity index is 2.31. The van der Waals surface area contributed by atoms with Crippen LogP contribution in [0.25, 0.3) is 0 Å². The van der Waals surface area contributed by atoms with E-state index in [4.69, 9.17) is 17.3 Å². The summed E-state index contributed by atoms with van der Waals surface area (Å²) in [6.45, 7) is 4.02. The van der Waals surface area contributed by atoms with Gasteiger partial charge in [0.2, 0.25) is 0 Å². The highest BCUT2D eigenvalue weighted by atomic mass is 35.5. The van der Waals surface area contributed by atoms with Gasteiger partial charge in [0.1, 0.15) is 5.82 Å². The third-order valence-corrected chi connectivity index (χ3v) is 3.75. The highest BCUT2D eigenvalue weighted by Gasteiger charge is 2.16. The van der Waals surface area contributed by atoms with Gasteiger partial charge in [0.25, 0.3) is 0 Å². The molecule has 100 valence electrons. The molecule has 0 radical (unpaired) electrons. The molecular weight excluding hydrogens is 258 g/mol. The lowest BCUT2D eigenvalue weighted by atomic mass is 10.1. The maximum Gasteiger partial charge on any atom is 0.129 e. The highest BCUT2D eigenvalue weighted by molar-refractivity contribution is 6.31. The fraction of sp³-hybridized carbons (Fsp3) is 0.267. The summed E-state index contributed by atoms with van der Waals surface area (Å²) in [5.74, 6) is 0.888. The van der Waals surface area contributed by atoms with Crippen LogP contribution >= 0.6 is 11.6 Å². The van der Waals surface area contributed by atoms with Crippen molar-refractivity contribution in [1.29, 1.82) is 0 Å². The molecule has 0 aliphatic rings. The summed E-state index contributed by atoms with van der Waals surface area (Å²) < 4.78 is 0. The summed E-state index contributed by atoms with van der Waals surface area (Å²) in [5, 5.41) is 0.772. The third kappa shape index (κ3) is 2.82. The minimum absolute atomic E-state index is 0.143. The zero-order valence-corrected chi connectivity index (χ0v) is 12.1. The number of nitrogens with zero attached hydrogens (tertiary/aromatic N) is 2. The van der Waals surface area contributed by atoms with Crippen LogP contribution in [-0.2, 0) is 0 Å². The first-order chi connectivity index (χ1) is 9.00. The van der Waals surface area contributed by atoms with Crippen molar-refractivity contribution in [3.05, 3.63) is 52.7 Å². The number of anilines is 2. The van der Waals surface area contributed by atoms with Crippen molar-refractivity contribution in [2.24, 2.45) is 0 Å². The largest absolute Gasteiger partial charge is 0.397 e. The second kappa shape index (κ2) is 5.49. The molecule has 4 heteroatoms.